The van der Waals surface area contributed by atoms with Gasteiger partial charge < -0.3 is 9.26 Å². The maximum absolute atomic E-state index is 12.0. The van der Waals surface area contributed by atoms with Crippen LogP contribution < -0.4 is 0 Å². The zero-order chi connectivity index (χ0) is 19.4. The summed E-state index contributed by atoms with van der Waals surface area (Å²) >= 11 is 0. The summed E-state index contributed by atoms with van der Waals surface area (Å²) in [6, 6.07) is 8.72. The van der Waals surface area contributed by atoms with E-state index in [1.807, 2.05) is 20.8 Å². The number of rotatable bonds is 6. The Balaban J connectivity index is 1.56. The van der Waals surface area contributed by atoms with Gasteiger partial charge in [0, 0.05) is 12.0 Å². The van der Waals surface area contributed by atoms with Crippen molar-refractivity contribution in [1.82, 2.24) is 10.1 Å². The van der Waals surface area contributed by atoms with Crippen LogP contribution in [0.25, 0.3) is 0 Å². The number of hydrogen-bond donors (Lipinski definition) is 0. The number of nitrogens with zero attached hydrogens (tertiary/aromatic N) is 2. The fourth-order valence-corrected chi connectivity index (χ4v) is 3.39. The molecule has 0 atom stereocenters. The molecule has 0 radical (unpaired) electrons. The lowest BCUT2D eigenvalue weighted by atomic mass is 9.96. The van der Waals surface area contributed by atoms with Crippen LogP contribution in [-0.4, -0.2) is 21.7 Å². The average Bonchev–Trinajstić information content (AvgIpc) is 3.26. The SMILES string of the molecule is C=C(Cc1nc(Cc2ccc(C3CCCC3)cc2)no1)C(=O)OC(C)(C)C. The number of benzene rings is 1. The molecule has 2 aromatic rings. The highest BCUT2D eigenvalue weighted by molar-refractivity contribution is 5.88. The minimum Gasteiger partial charge on any atom is -0.457 e. The topological polar surface area (TPSA) is 65.2 Å². The zero-order valence-electron chi connectivity index (χ0n) is 16.5. The Bertz CT molecular complexity index is 794. The minimum atomic E-state index is -0.551. The lowest BCUT2D eigenvalue weighted by Gasteiger charge is -2.19. The van der Waals surface area contributed by atoms with Crippen molar-refractivity contribution in [1.29, 1.82) is 0 Å². The van der Waals surface area contributed by atoms with Gasteiger partial charge in [-0.25, -0.2) is 4.79 Å². The van der Waals surface area contributed by atoms with Crippen molar-refractivity contribution in [2.75, 3.05) is 0 Å². The lowest BCUT2D eigenvalue weighted by molar-refractivity contribution is -0.150. The minimum absolute atomic E-state index is 0.197. The molecule has 1 aliphatic rings. The largest absolute Gasteiger partial charge is 0.457 e. The third-order valence-corrected chi connectivity index (χ3v) is 4.73. The van der Waals surface area contributed by atoms with E-state index < -0.39 is 11.6 Å². The van der Waals surface area contributed by atoms with E-state index in [1.165, 1.54) is 31.2 Å². The third kappa shape index (κ3) is 5.52. The maximum Gasteiger partial charge on any atom is 0.334 e. The molecule has 0 unspecified atom stereocenters. The smallest absolute Gasteiger partial charge is 0.334 e. The molecule has 1 fully saturated rings. The van der Waals surface area contributed by atoms with Crippen LogP contribution in [0.2, 0.25) is 0 Å². The maximum atomic E-state index is 12.0. The zero-order valence-corrected chi connectivity index (χ0v) is 16.5. The number of hydrogen-bond acceptors (Lipinski definition) is 5. The van der Waals surface area contributed by atoms with Crippen molar-refractivity contribution < 1.29 is 14.1 Å². The molecule has 27 heavy (non-hydrogen) atoms. The van der Waals surface area contributed by atoms with E-state index in [0.717, 1.165) is 11.5 Å². The second kappa shape index (κ2) is 8.07. The molecule has 3 rings (SSSR count). The third-order valence-electron chi connectivity index (χ3n) is 4.73. The van der Waals surface area contributed by atoms with Crippen LogP contribution in [0.5, 0.6) is 0 Å². The molecule has 0 spiro atoms. The summed E-state index contributed by atoms with van der Waals surface area (Å²) in [6.07, 6.45) is 6.08. The van der Waals surface area contributed by atoms with Crippen LogP contribution in [0.3, 0.4) is 0 Å². The van der Waals surface area contributed by atoms with Gasteiger partial charge >= 0.3 is 5.97 Å². The summed E-state index contributed by atoms with van der Waals surface area (Å²) in [6.45, 7) is 9.23. The van der Waals surface area contributed by atoms with E-state index in [-0.39, 0.29) is 6.42 Å². The predicted molar refractivity (Wildman–Crippen MR) is 103 cm³/mol. The molecule has 1 aliphatic carbocycles. The van der Waals surface area contributed by atoms with Gasteiger partial charge in [-0.2, -0.15) is 4.98 Å². The van der Waals surface area contributed by atoms with Gasteiger partial charge in [-0.1, -0.05) is 48.8 Å². The monoisotopic (exact) mass is 368 g/mol. The van der Waals surface area contributed by atoms with Gasteiger partial charge in [-0.3, -0.25) is 0 Å². The average molecular weight is 368 g/mol. The van der Waals surface area contributed by atoms with E-state index in [4.69, 9.17) is 9.26 Å². The number of ether oxygens (including phenoxy) is 1. The van der Waals surface area contributed by atoms with Gasteiger partial charge in [0.15, 0.2) is 5.82 Å². The summed E-state index contributed by atoms with van der Waals surface area (Å²) in [7, 11) is 0. The molecule has 5 nitrogen and oxygen atoms in total. The second-order valence-electron chi connectivity index (χ2n) is 8.29. The van der Waals surface area contributed by atoms with Crippen LogP contribution in [0.4, 0.5) is 0 Å². The van der Waals surface area contributed by atoms with Gasteiger partial charge in [0.25, 0.3) is 0 Å². The van der Waals surface area contributed by atoms with Crippen LogP contribution in [0.15, 0.2) is 40.9 Å². The summed E-state index contributed by atoms with van der Waals surface area (Å²) in [5.41, 5.74) is 2.33. The van der Waals surface area contributed by atoms with Crippen molar-refractivity contribution in [2.24, 2.45) is 0 Å². The molecule has 0 saturated heterocycles. The van der Waals surface area contributed by atoms with Crippen molar-refractivity contribution in [3.8, 4) is 0 Å². The molecule has 1 aromatic heterocycles. The number of carbonyl (C=O) groups is 1. The molecule has 0 amide bonds. The highest BCUT2D eigenvalue weighted by Gasteiger charge is 2.21. The predicted octanol–water partition coefficient (Wildman–Crippen LogP) is 4.76. The Morgan fingerprint density at radius 3 is 2.52 bits per heavy atom. The summed E-state index contributed by atoms with van der Waals surface area (Å²) in [5, 5.41) is 4.02. The number of aromatic nitrogens is 2. The molecular weight excluding hydrogens is 340 g/mol. The first-order valence-electron chi connectivity index (χ1n) is 9.61. The van der Waals surface area contributed by atoms with Gasteiger partial charge in [-0.05, 0) is 50.7 Å². The molecule has 5 heteroatoms. The number of carbonyl (C=O) groups excluding carboxylic acids is 1. The first kappa shape index (κ1) is 19.3. The molecule has 0 N–H and O–H groups in total. The van der Waals surface area contributed by atoms with E-state index in [2.05, 4.69) is 41.0 Å². The van der Waals surface area contributed by atoms with Gasteiger partial charge in [0.05, 0.1) is 6.42 Å². The Kier molecular flexibility index (Phi) is 5.78. The van der Waals surface area contributed by atoms with E-state index in [0.29, 0.717) is 23.7 Å². The van der Waals surface area contributed by atoms with Crippen LogP contribution in [0, 0.1) is 0 Å². The highest BCUT2D eigenvalue weighted by atomic mass is 16.6. The first-order valence-corrected chi connectivity index (χ1v) is 9.61. The fraction of sp³-hybridized carbons (Fsp3) is 0.500. The molecular formula is C22H28N2O3. The molecule has 1 saturated carbocycles. The Hall–Kier alpha value is -2.43. The van der Waals surface area contributed by atoms with E-state index in [9.17, 15) is 4.79 Å². The second-order valence-corrected chi connectivity index (χ2v) is 8.29. The van der Waals surface area contributed by atoms with Crippen LogP contribution in [-0.2, 0) is 22.4 Å². The molecule has 144 valence electrons. The first-order chi connectivity index (χ1) is 12.8. The summed E-state index contributed by atoms with van der Waals surface area (Å²) < 4.78 is 10.6. The Morgan fingerprint density at radius 1 is 1.22 bits per heavy atom. The number of esters is 1. The van der Waals surface area contributed by atoms with Crippen molar-refractivity contribution in [3.63, 3.8) is 0 Å². The van der Waals surface area contributed by atoms with E-state index in [1.54, 1.807) is 0 Å². The van der Waals surface area contributed by atoms with Crippen LogP contribution in [0.1, 0.15) is 75.2 Å². The van der Waals surface area contributed by atoms with Gasteiger partial charge in [0.2, 0.25) is 5.89 Å². The van der Waals surface area contributed by atoms with Gasteiger partial charge in [0.1, 0.15) is 5.60 Å². The summed E-state index contributed by atoms with van der Waals surface area (Å²) in [4.78, 5) is 16.4. The standard InChI is InChI=1S/C22H28N2O3/c1-15(21(25)26-22(2,3)4)13-20-23-19(24-27-20)14-16-9-11-18(12-10-16)17-7-5-6-8-17/h9-12,17H,1,5-8,13-14H2,2-4H3. The van der Waals surface area contributed by atoms with E-state index >= 15 is 0 Å². The van der Waals surface area contributed by atoms with Crippen molar-refractivity contribution in [3.05, 3.63) is 59.3 Å². The highest BCUT2D eigenvalue weighted by Crippen LogP contribution is 2.34. The van der Waals surface area contributed by atoms with Gasteiger partial charge in [-0.15, -0.1) is 0 Å². The Morgan fingerprint density at radius 2 is 1.89 bits per heavy atom. The molecule has 0 bridgehead atoms. The van der Waals surface area contributed by atoms with Crippen molar-refractivity contribution >= 4 is 5.97 Å². The molecule has 0 aliphatic heterocycles. The Labute approximate surface area is 160 Å². The van der Waals surface area contributed by atoms with Crippen LogP contribution >= 0.6 is 0 Å². The summed E-state index contributed by atoms with van der Waals surface area (Å²) in [5.74, 6) is 1.26. The van der Waals surface area contributed by atoms with Crippen molar-refractivity contribution in [2.45, 2.75) is 70.8 Å². The quantitative estimate of drug-likeness (QED) is 0.543. The fourth-order valence-electron chi connectivity index (χ4n) is 3.39. The normalized spacial score (nSPS) is 15.1. The molecule has 1 heterocycles. The lowest BCUT2D eigenvalue weighted by Crippen LogP contribution is -2.25. The molecule has 1 aromatic carbocycles.